The van der Waals surface area contributed by atoms with E-state index >= 15 is 0 Å². The Bertz CT molecular complexity index is 1460. The summed E-state index contributed by atoms with van der Waals surface area (Å²) >= 11 is 0. The number of benzene rings is 2. The highest BCUT2D eigenvalue weighted by Gasteiger charge is 2.31. The van der Waals surface area contributed by atoms with Gasteiger partial charge < -0.3 is 19.3 Å². The Morgan fingerprint density at radius 2 is 1.37 bits per heavy atom. The third kappa shape index (κ3) is 4.77. The van der Waals surface area contributed by atoms with Gasteiger partial charge in [0.05, 0.1) is 31.0 Å². The van der Waals surface area contributed by atoms with Crippen LogP contribution >= 0.6 is 0 Å². The number of nitrogens with zero attached hydrogens (tertiary/aromatic N) is 5. The van der Waals surface area contributed by atoms with Gasteiger partial charge in [0.1, 0.15) is 17.6 Å². The van der Waals surface area contributed by atoms with Gasteiger partial charge in [0.15, 0.2) is 5.82 Å². The molecule has 0 radical (unpaired) electrons. The van der Waals surface area contributed by atoms with E-state index in [0.29, 0.717) is 51.3 Å². The van der Waals surface area contributed by atoms with Crippen molar-refractivity contribution in [3.8, 4) is 40.2 Å². The number of nitriles is 1. The zero-order valence-corrected chi connectivity index (χ0v) is 21.9. The molecule has 0 unspecified atom stereocenters. The number of rotatable bonds is 8. The predicted molar refractivity (Wildman–Crippen MR) is 141 cm³/mol. The van der Waals surface area contributed by atoms with E-state index in [1.165, 1.54) is 20.4 Å². The quantitative estimate of drug-likeness (QED) is 0.447. The second kappa shape index (κ2) is 10.1. The minimum atomic E-state index is -0.0760. The van der Waals surface area contributed by atoms with Crippen LogP contribution in [0.15, 0.2) is 42.6 Å². The summed E-state index contributed by atoms with van der Waals surface area (Å²) in [5.74, 6) is 1.07. The lowest BCUT2D eigenvalue weighted by Gasteiger charge is -2.18. The van der Waals surface area contributed by atoms with Crippen molar-refractivity contribution in [1.29, 1.82) is 5.26 Å². The molecule has 0 N–H and O–H groups in total. The van der Waals surface area contributed by atoms with E-state index in [4.69, 9.17) is 14.5 Å². The second-order valence-electron chi connectivity index (χ2n) is 9.69. The zero-order chi connectivity index (χ0) is 27.0. The summed E-state index contributed by atoms with van der Waals surface area (Å²) in [6.07, 6.45) is 5.53. The largest absolute Gasteiger partial charge is 0.496 e. The third-order valence-electron chi connectivity index (χ3n) is 7.13. The lowest BCUT2D eigenvalue weighted by atomic mass is 10.0. The molecule has 0 spiro atoms. The van der Waals surface area contributed by atoms with Gasteiger partial charge in [-0.2, -0.15) is 5.26 Å². The Morgan fingerprint density at radius 1 is 0.868 bits per heavy atom. The van der Waals surface area contributed by atoms with Crippen LogP contribution in [-0.2, 0) is 0 Å². The molecule has 2 amide bonds. The predicted octanol–water partition coefficient (Wildman–Crippen LogP) is 4.17. The first-order valence-corrected chi connectivity index (χ1v) is 12.5. The van der Waals surface area contributed by atoms with Crippen LogP contribution in [0.4, 0.5) is 0 Å². The monoisotopic (exact) mass is 511 g/mol. The number of amides is 2. The van der Waals surface area contributed by atoms with Crippen LogP contribution in [0.3, 0.4) is 0 Å². The highest BCUT2D eigenvalue weighted by Crippen LogP contribution is 2.36. The lowest BCUT2D eigenvalue weighted by Crippen LogP contribution is -2.28. The van der Waals surface area contributed by atoms with Crippen molar-refractivity contribution in [2.45, 2.75) is 37.8 Å². The molecule has 0 bridgehead atoms. The number of carbonyl (C=O) groups is 2. The lowest BCUT2D eigenvalue weighted by molar-refractivity contribution is 0.0777. The number of hydrogen-bond acceptors (Lipinski definition) is 7. The van der Waals surface area contributed by atoms with Crippen LogP contribution in [0, 0.1) is 11.3 Å². The average molecular weight is 512 g/mol. The number of carbonyl (C=O) groups excluding carboxylic acids is 2. The molecular formula is C29H29N5O4. The molecule has 9 nitrogen and oxygen atoms in total. The Hall–Kier alpha value is -4.45. The summed E-state index contributed by atoms with van der Waals surface area (Å²) in [4.78, 5) is 38.4. The molecule has 1 heterocycles. The first-order valence-electron chi connectivity index (χ1n) is 12.5. The molecule has 2 aromatic carbocycles. The van der Waals surface area contributed by atoms with Crippen molar-refractivity contribution >= 4 is 11.8 Å². The third-order valence-corrected chi connectivity index (χ3v) is 7.13. The number of methoxy groups -OCH3 is 2. The maximum absolute atomic E-state index is 12.9. The molecule has 3 aromatic rings. The number of aromatic nitrogens is 2. The summed E-state index contributed by atoms with van der Waals surface area (Å²) in [5.41, 5.74) is 2.81. The van der Waals surface area contributed by atoms with E-state index in [1.54, 1.807) is 53.2 Å². The van der Waals surface area contributed by atoms with E-state index in [0.717, 1.165) is 25.7 Å². The van der Waals surface area contributed by atoms with Crippen LogP contribution in [0.5, 0.6) is 11.5 Å². The molecule has 5 rings (SSSR count). The van der Waals surface area contributed by atoms with E-state index in [9.17, 15) is 14.9 Å². The van der Waals surface area contributed by atoms with E-state index in [2.05, 4.69) is 11.1 Å². The molecule has 0 aliphatic heterocycles. The summed E-state index contributed by atoms with van der Waals surface area (Å²) in [7, 11) is 6.66. The fourth-order valence-electron chi connectivity index (χ4n) is 4.49. The molecule has 38 heavy (non-hydrogen) atoms. The molecule has 2 saturated carbocycles. The van der Waals surface area contributed by atoms with Gasteiger partial charge in [-0.05, 0) is 62.1 Å². The maximum atomic E-state index is 12.9. The average Bonchev–Trinajstić information content (AvgIpc) is 3.88. The van der Waals surface area contributed by atoms with Crippen LogP contribution in [0.1, 0.15) is 52.0 Å². The van der Waals surface area contributed by atoms with Gasteiger partial charge in [-0.15, -0.1) is 0 Å². The Labute approximate surface area is 221 Å². The van der Waals surface area contributed by atoms with Crippen molar-refractivity contribution < 1.29 is 19.1 Å². The minimum absolute atomic E-state index is 0.0644. The van der Waals surface area contributed by atoms with Gasteiger partial charge in [0, 0.05) is 49.1 Å². The molecular weight excluding hydrogens is 482 g/mol. The Balaban J connectivity index is 1.52. The first kappa shape index (κ1) is 25.2. The van der Waals surface area contributed by atoms with E-state index in [1.807, 2.05) is 7.05 Å². The van der Waals surface area contributed by atoms with Crippen molar-refractivity contribution in [3.63, 3.8) is 0 Å². The highest BCUT2D eigenvalue weighted by molar-refractivity contribution is 5.96. The van der Waals surface area contributed by atoms with Crippen LogP contribution < -0.4 is 9.47 Å². The summed E-state index contributed by atoms with van der Waals surface area (Å²) in [6, 6.07) is 13.0. The Kier molecular flexibility index (Phi) is 6.72. The molecule has 0 saturated heterocycles. The van der Waals surface area contributed by atoms with Gasteiger partial charge in [-0.1, -0.05) is 0 Å². The van der Waals surface area contributed by atoms with Crippen LogP contribution in [0.2, 0.25) is 0 Å². The van der Waals surface area contributed by atoms with Gasteiger partial charge in [0.2, 0.25) is 0 Å². The molecule has 2 aliphatic carbocycles. The van der Waals surface area contributed by atoms with Crippen molar-refractivity contribution in [2.24, 2.45) is 0 Å². The maximum Gasteiger partial charge on any atom is 0.253 e. The normalized spacial score (nSPS) is 14.4. The molecule has 2 fully saturated rings. The standard InChI is InChI=1S/C29H29N5O4/c1-33(20-7-8-20)28(35)17-5-11-22(24(13-17)37-3)26-19(15-30)16-31-27(32-26)23-12-6-18(14-25(23)38-4)29(36)34(2)21-9-10-21/h5-6,11-14,16,20-21H,7-10H2,1-4H3. The fraction of sp³-hybridized carbons (Fsp3) is 0.345. The summed E-state index contributed by atoms with van der Waals surface area (Å²) < 4.78 is 11.2. The van der Waals surface area contributed by atoms with Gasteiger partial charge in [0.25, 0.3) is 11.8 Å². The molecule has 9 heteroatoms. The van der Waals surface area contributed by atoms with Crippen molar-refractivity contribution in [3.05, 3.63) is 59.3 Å². The smallest absolute Gasteiger partial charge is 0.253 e. The minimum Gasteiger partial charge on any atom is -0.496 e. The summed E-state index contributed by atoms with van der Waals surface area (Å²) in [5, 5.41) is 9.79. The van der Waals surface area contributed by atoms with Gasteiger partial charge in [-0.3, -0.25) is 9.59 Å². The molecule has 194 valence electrons. The highest BCUT2D eigenvalue weighted by atomic mass is 16.5. The number of hydrogen-bond donors (Lipinski definition) is 0. The van der Waals surface area contributed by atoms with Crippen molar-refractivity contribution in [1.82, 2.24) is 19.8 Å². The van der Waals surface area contributed by atoms with Crippen molar-refractivity contribution in [2.75, 3.05) is 28.3 Å². The van der Waals surface area contributed by atoms with E-state index in [-0.39, 0.29) is 23.4 Å². The first-order chi connectivity index (χ1) is 18.4. The molecule has 2 aliphatic rings. The van der Waals surface area contributed by atoms with Crippen LogP contribution in [0.25, 0.3) is 22.6 Å². The topological polar surface area (TPSA) is 109 Å². The van der Waals surface area contributed by atoms with Crippen LogP contribution in [-0.4, -0.2) is 72.0 Å². The molecule has 0 atom stereocenters. The molecule has 1 aromatic heterocycles. The van der Waals surface area contributed by atoms with E-state index < -0.39 is 0 Å². The fourth-order valence-corrected chi connectivity index (χ4v) is 4.49. The summed E-state index contributed by atoms with van der Waals surface area (Å²) in [6.45, 7) is 0. The SMILES string of the molecule is COc1cc(C(=O)N(C)C2CC2)ccc1-c1ncc(C#N)c(-c2ccc(C(=O)N(C)C3CC3)cc2OC)n1. The van der Waals surface area contributed by atoms with Gasteiger partial charge >= 0.3 is 0 Å². The van der Waals surface area contributed by atoms with Gasteiger partial charge in [-0.25, -0.2) is 9.97 Å². The Morgan fingerprint density at radius 3 is 1.84 bits per heavy atom. The zero-order valence-electron chi connectivity index (χ0n) is 21.9. The number of ether oxygens (including phenoxy) is 2. The second-order valence-corrected chi connectivity index (χ2v) is 9.69.